The summed E-state index contributed by atoms with van der Waals surface area (Å²) in [5, 5.41) is 0. The Bertz CT molecular complexity index is 567. The Morgan fingerprint density at radius 3 is 1.96 bits per heavy atom. The molecule has 2 fully saturated rings. The predicted molar refractivity (Wildman–Crippen MR) is 97.2 cm³/mol. The summed E-state index contributed by atoms with van der Waals surface area (Å²) in [4.78, 5) is 0. The lowest BCUT2D eigenvalue weighted by Crippen LogP contribution is -2.35. The second kappa shape index (κ2) is 10.5. The normalized spacial score (nSPS) is 29.0. The van der Waals surface area contributed by atoms with E-state index in [2.05, 4.69) is 6.92 Å². The van der Waals surface area contributed by atoms with Gasteiger partial charge in [0, 0.05) is 18.3 Å². The standard InChI is InChI=1S/C21H30F2O4/c1-2-3-16-11-24-21(25-12-16)9-6-17-13-26-20(27-14-17)8-5-15-4-7-18(22)19(23)10-15/h4,7,10,16-17,20-21H,2-3,5-6,8-9,11-14H2,1H3/t16-,17-,20-,21-. The lowest BCUT2D eigenvalue weighted by molar-refractivity contribution is -0.219. The summed E-state index contributed by atoms with van der Waals surface area (Å²) in [5.41, 5.74) is 0.746. The number of benzene rings is 1. The van der Waals surface area contributed by atoms with Crippen LogP contribution in [0.25, 0.3) is 0 Å². The Labute approximate surface area is 160 Å². The molecule has 0 radical (unpaired) electrons. The van der Waals surface area contributed by atoms with E-state index in [4.69, 9.17) is 18.9 Å². The number of rotatable bonds is 8. The Balaban J connectivity index is 1.29. The van der Waals surface area contributed by atoms with E-state index in [0.717, 1.165) is 50.5 Å². The van der Waals surface area contributed by atoms with Crippen LogP contribution in [-0.2, 0) is 25.4 Å². The fourth-order valence-electron chi connectivity index (χ4n) is 3.59. The number of hydrogen-bond donors (Lipinski definition) is 0. The summed E-state index contributed by atoms with van der Waals surface area (Å²) in [6, 6.07) is 3.98. The van der Waals surface area contributed by atoms with Crippen LogP contribution in [0.4, 0.5) is 8.78 Å². The number of hydrogen-bond acceptors (Lipinski definition) is 4. The van der Waals surface area contributed by atoms with E-state index >= 15 is 0 Å². The lowest BCUT2D eigenvalue weighted by Gasteiger charge is -2.32. The maximum Gasteiger partial charge on any atom is 0.159 e. The molecule has 3 rings (SSSR count). The van der Waals surface area contributed by atoms with Gasteiger partial charge in [-0.3, -0.25) is 0 Å². The molecule has 2 aliphatic heterocycles. The van der Waals surface area contributed by atoms with Crippen LogP contribution in [0.5, 0.6) is 0 Å². The van der Waals surface area contributed by atoms with Crippen LogP contribution in [0.3, 0.4) is 0 Å². The lowest BCUT2D eigenvalue weighted by atomic mass is 10.0. The van der Waals surface area contributed by atoms with Gasteiger partial charge in [-0.15, -0.1) is 0 Å². The highest BCUT2D eigenvalue weighted by atomic mass is 19.2. The molecule has 0 aromatic heterocycles. The monoisotopic (exact) mass is 384 g/mol. The van der Waals surface area contributed by atoms with Crippen molar-refractivity contribution in [2.75, 3.05) is 26.4 Å². The van der Waals surface area contributed by atoms with Crippen molar-refractivity contribution < 1.29 is 27.7 Å². The largest absolute Gasteiger partial charge is 0.352 e. The van der Waals surface area contributed by atoms with Crippen LogP contribution in [0, 0.1) is 23.5 Å². The van der Waals surface area contributed by atoms with Crippen molar-refractivity contribution in [2.45, 2.75) is 58.0 Å². The summed E-state index contributed by atoms with van der Waals surface area (Å²) < 4.78 is 49.4. The molecule has 0 N–H and O–H groups in total. The molecule has 0 aliphatic carbocycles. The molecule has 0 unspecified atom stereocenters. The van der Waals surface area contributed by atoms with Crippen molar-refractivity contribution in [3.63, 3.8) is 0 Å². The second-order valence-corrected chi connectivity index (χ2v) is 7.58. The molecule has 152 valence electrons. The molecule has 4 nitrogen and oxygen atoms in total. The third kappa shape index (κ3) is 6.49. The van der Waals surface area contributed by atoms with Crippen molar-refractivity contribution >= 4 is 0 Å². The summed E-state index contributed by atoms with van der Waals surface area (Å²) >= 11 is 0. The minimum atomic E-state index is -0.821. The van der Waals surface area contributed by atoms with Crippen molar-refractivity contribution in [2.24, 2.45) is 11.8 Å². The number of halogens is 2. The molecule has 2 heterocycles. The van der Waals surface area contributed by atoms with Gasteiger partial charge in [0.25, 0.3) is 0 Å². The molecule has 2 aliphatic rings. The van der Waals surface area contributed by atoms with E-state index in [1.165, 1.54) is 6.07 Å². The topological polar surface area (TPSA) is 36.9 Å². The zero-order chi connectivity index (χ0) is 19.1. The zero-order valence-corrected chi connectivity index (χ0v) is 16.0. The number of aryl methyl sites for hydroxylation is 1. The van der Waals surface area contributed by atoms with Crippen LogP contribution in [0.15, 0.2) is 18.2 Å². The fourth-order valence-corrected chi connectivity index (χ4v) is 3.59. The molecule has 0 bridgehead atoms. The van der Waals surface area contributed by atoms with E-state index < -0.39 is 11.6 Å². The van der Waals surface area contributed by atoms with Gasteiger partial charge in [-0.25, -0.2) is 8.78 Å². The van der Waals surface area contributed by atoms with Crippen molar-refractivity contribution in [3.05, 3.63) is 35.4 Å². The van der Waals surface area contributed by atoms with Crippen LogP contribution >= 0.6 is 0 Å². The minimum Gasteiger partial charge on any atom is -0.352 e. The molecule has 0 spiro atoms. The molecular formula is C21H30F2O4. The van der Waals surface area contributed by atoms with Crippen LogP contribution in [-0.4, -0.2) is 39.0 Å². The Morgan fingerprint density at radius 1 is 0.778 bits per heavy atom. The Hall–Kier alpha value is -1.08. The van der Waals surface area contributed by atoms with Crippen molar-refractivity contribution in [1.82, 2.24) is 0 Å². The summed E-state index contributed by atoms with van der Waals surface area (Å²) in [6.07, 6.45) is 4.95. The van der Waals surface area contributed by atoms with Gasteiger partial charge in [0.1, 0.15) is 0 Å². The van der Waals surface area contributed by atoms with Gasteiger partial charge in [-0.05, 0) is 43.4 Å². The molecule has 0 atom stereocenters. The SMILES string of the molecule is CCC[C@H]1CO[C@H](CC[C@H]2CO[C@H](CCc3ccc(F)c(F)c3)OC2)OC1. The van der Waals surface area contributed by atoms with E-state index in [0.29, 0.717) is 37.9 Å². The molecule has 2 saturated heterocycles. The maximum atomic E-state index is 13.2. The second-order valence-electron chi connectivity index (χ2n) is 7.58. The van der Waals surface area contributed by atoms with Crippen LogP contribution < -0.4 is 0 Å². The third-order valence-electron chi connectivity index (χ3n) is 5.23. The van der Waals surface area contributed by atoms with Gasteiger partial charge < -0.3 is 18.9 Å². The first-order chi connectivity index (χ1) is 13.1. The van der Waals surface area contributed by atoms with Crippen molar-refractivity contribution in [3.8, 4) is 0 Å². The van der Waals surface area contributed by atoms with Crippen LogP contribution in [0.2, 0.25) is 0 Å². The Kier molecular flexibility index (Phi) is 8.00. The van der Waals surface area contributed by atoms with Gasteiger partial charge in [-0.1, -0.05) is 19.4 Å². The smallest absolute Gasteiger partial charge is 0.159 e. The molecule has 1 aromatic carbocycles. The highest BCUT2D eigenvalue weighted by molar-refractivity contribution is 5.17. The van der Waals surface area contributed by atoms with Gasteiger partial charge in [-0.2, -0.15) is 0 Å². The average molecular weight is 384 g/mol. The van der Waals surface area contributed by atoms with Crippen LogP contribution in [0.1, 0.15) is 44.6 Å². The van der Waals surface area contributed by atoms with E-state index in [1.807, 2.05) is 0 Å². The van der Waals surface area contributed by atoms with Gasteiger partial charge in [0.05, 0.1) is 26.4 Å². The fraction of sp³-hybridized carbons (Fsp3) is 0.714. The summed E-state index contributed by atoms with van der Waals surface area (Å²) in [6.45, 7) is 5.06. The highest BCUT2D eigenvalue weighted by Gasteiger charge is 2.26. The third-order valence-corrected chi connectivity index (χ3v) is 5.23. The van der Waals surface area contributed by atoms with Crippen molar-refractivity contribution in [1.29, 1.82) is 0 Å². The van der Waals surface area contributed by atoms with E-state index in [1.54, 1.807) is 6.07 Å². The van der Waals surface area contributed by atoms with Gasteiger partial charge in [0.2, 0.25) is 0 Å². The molecule has 0 saturated carbocycles. The maximum absolute atomic E-state index is 13.2. The highest BCUT2D eigenvalue weighted by Crippen LogP contribution is 2.24. The van der Waals surface area contributed by atoms with Gasteiger partial charge in [0.15, 0.2) is 24.2 Å². The summed E-state index contributed by atoms with van der Waals surface area (Å²) in [7, 11) is 0. The first kappa shape index (κ1) is 20.6. The molecule has 6 heteroatoms. The molecule has 1 aromatic rings. The predicted octanol–water partition coefficient (Wildman–Crippen LogP) is 4.46. The Morgan fingerprint density at radius 2 is 1.37 bits per heavy atom. The first-order valence-electron chi connectivity index (χ1n) is 10.0. The molecule has 27 heavy (non-hydrogen) atoms. The minimum absolute atomic E-state index is 0.107. The first-order valence-corrected chi connectivity index (χ1v) is 10.0. The van der Waals surface area contributed by atoms with E-state index in [9.17, 15) is 8.78 Å². The quantitative estimate of drug-likeness (QED) is 0.663. The molecule has 0 amide bonds. The summed E-state index contributed by atoms with van der Waals surface area (Å²) in [5.74, 6) is -0.766. The molecular weight excluding hydrogens is 354 g/mol. The van der Waals surface area contributed by atoms with Gasteiger partial charge >= 0.3 is 0 Å². The zero-order valence-electron chi connectivity index (χ0n) is 16.0. The number of ether oxygens (including phenoxy) is 4. The average Bonchev–Trinajstić information content (AvgIpc) is 2.69. The van der Waals surface area contributed by atoms with E-state index in [-0.39, 0.29) is 12.6 Å².